The van der Waals surface area contributed by atoms with Crippen LogP contribution in [0.15, 0.2) is 30.6 Å². The van der Waals surface area contributed by atoms with E-state index in [0.717, 1.165) is 31.0 Å². The molecule has 0 spiro atoms. The predicted molar refractivity (Wildman–Crippen MR) is 126 cm³/mol. The van der Waals surface area contributed by atoms with Gasteiger partial charge in [0.1, 0.15) is 24.1 Å². The van der Waals surface area contributed by atoms with Gasteiger partial charge in [-0.15, -0.1) is 5.10 Å². The maximum Gasteiger partial charge on any atom is 0.242 e. The number of aryl methyl sites for hydroxylation is 2. The molecule has 1 aliphatic carbocycles. The summed E-state index contributed by atoms with van der Waals surface area (Å²) in [7, 11) is 0. The van der Waals surface area contributed by atoms with Gasteiger partial charge in [-0.3, -0.25) is 0 Å². The van der Waals surface area contributed by atoms with Crippen molar-refractivity contribution >= 4 is 23.4 Å². The average molecular weight is 484 g/mol. The lowest BCUT2D eigenvalue weighted by Crippen LogP contribution is -2.48. The van der Waals surface area contributed by atoms with E-state index in [4.69, 9.17) is 26.4 Å². The highest BCUT2D eigenvalue weighted by molar-refractivity contribution is 6.30. The zero-order valence-electron chi connectivity index (χ0n) is 19.0. The number of ether oxygens (including phenoxy) is 1. The van der Waals surface area contributed by atoms with Gasteiger partial charge in [0.15, 0.2) is 5.82 Å². The fourth-order valence-electron chi connectivity index (χ4n) is 5.64. The third-order valence-electron chi connectivity index (χ3n) is 7.16. The van der Waals surface area contributed by atoms with Crippen LogP contribution < -0.4 is 10.2 Å². The minimum absolute atomic E-state index is 0.314. The minimum Gasteiger partial charge on any atom is -0.365 e. The van der Waals surface area contributed by atoms with Crippen LogP contribution in [0.4, 0.5) is 16.2 Å². The van der Waals surface area contributed by atoms with E-state index in [2.05, 4.69) is 26.3 Å². The maximum atomic E-state index is 14.0. The number of nitrogens with one attached hydrogen (secondary N) is 1. The van der Waals surface area contributed by atoms with Crippen molar-refractivity contribution in [3.63, 3.8) is 0 Å². The van der Waals surface area contributed by atoms with Crippen LogP contribution in [0, 0.1) is 24.6 Å². The quantitative estimate of drug-likeness (QED) is 0.600. The Morgan fingerprint density at radius 2 is 1.94 bits per heavy atom. The van der Waals surface area contributed by atoms with Crippen LogP contribution in [0.1, 0.15) is 42.4 Å². The van der Waals surface area contributed by atoms with Gasteiger partial charge in [0.25, 0.3) is 0 Å². The molecule has 10 heteroatoms. The number of anilines is 2. The number of piperidine rings is 1. The summed E-state index contributed by atoms with van der Waals surface area (Å²) in [6, 6.07) is 6.86. The van der Waals surface area contributed by atoms with Crippen molar-refractivity contribution in [2.24, 2.45) is 11.8 Å². The molecule has 34 heavy (non-hydrogen) atoms. The molecular formula is C24H27ClFN7O. The first-order valence-corrected chi connectivity index (χ1v) is 12.2. The summed E-state index contributed by atoms with van der Waals surface area (Å²) in [6.45, 7) is 5.16. The largest absolute Gasteiger partial charge is 0.365 e. The third kappa shape index (κ3) is 4.11. The first-order valence-electron chi connectivity index (χ1n) is 11.9. The van der Waals surface area contributed by atoms with Crippen LogP contribution in [-0.2, 0) is 11.3 Å². The first kappa shape index (κ1) is 21.7. The van der Waals surface area contributed by atoms with Gasteiger partial charge in [0.05, 0.1) is 0 Å². The number of aromatic nitrogens is 5. The van der Waals surface area contributed by atoms with Gasteiger partial charge in [-0.2, -0.15) is 4.98 Å². The Kier molecular flexibility index (Phi) is 5.61. The molecule has 2 bridgehead atoms. The molecule has 3 aromatic rings. The van der Waals surface area contributed by atoms with Gasteiger partial charge < -0.3 is 15.0 Å². The van der Waals surface area contributed by atoms with Crippen molar-refractivity contribution in [3.05, 3.63) is 58.5 Å². The Labute approximate surface area is 202 Å². The molecule has 1 N–H and O–H groups in total. The monoisotopic (exact) mass is 483 g/mol. The molecule has 6 rings (SSSR count). The number of halogens is 2. The zero-order valence-corrected chi connectivity index (χ0v) is 19.7. The second-order valence-electron chi connectivity index (χ2n) is 9.51. The molecule has 2 aromatic heterocycles. The van der Waals surface area contributed by atoms with Gasteiger partial charge in [-0.05, 0) is 61.8 Å². The molecule has 1 saturated heterocycles. The van der Waals surface area contributed by atoms with Crippen molar-refractivity contribution in [3.8, 4) is 0 Å². The summed E-state index contributed by atoms with van der Waals surface area (Å²) in [5.41, 5.74) is 1.64. The van der Waals surface area contributed by atoms with Gasteiger partial charge in [-0.25, -0.2) is 19.0 Å². The molecule has 1 saturated carbocycles. The Bertz CT molecular complexity index is 1170. The standard InChI is InChI=1S/C24H27ClFN7O/c1-14-7-20(28-13-27-14)32-11-15-3-4-16(12-32)21(15)29-24-30-23-22(34-6-2-5-33(23)31-24)17-8-18(25)10-19(26)9-17/h7-10,13,15-16,21-22H,2-6,11-12H2,1H3,(H,29,31)/t15-,16+,21?,22-/m0/s1. The molecular weight excluding hydrogens is 457 g/mol. The van der Waals surface area contributed by atoms with E-state index in [9.17, 15) is 4.39 Å². The lowest BCUT2D eigenvalue weighted by Gasteiger charge is -2.38. The number of nitrogens with zero attached hydrogens (tertiary/aromatic N) is 6. The van der Waals surface area contributed by atoms with Crippen LogP contribution >= 0.6 is 11.6 Å². The SMILES string of the molecule is Cc1cc(N2C[C@H]3CC[C@@H](C2)C3Nc2nc3n(n2)CCCO[C@H]3c2cc(F)cc(Cl)c2)ncn1. The van der Waals surface area contributed by atoms with E-state index in [1.807, 2.05) is 11.6 Å². The number of hydrogen-bond donors (Lipinski definition) is 1. The maximum absolute atomic E-state index is 14.0. The van der Waals surface area contributed by atoms with Gasteiger partial charge >= 0.3 is 0 Å². The predicted octanol–water partition coefficient (Wildman–Crippen LogP) is 4.01. The highest BCUT2D eigenvalue weighted by atomic mass is 35.5. The number of fused-ring (bicyclic) bond motifs is 3. The fourth-order valence-corrected chi connectivity index (χ4v) is 5.87. The Hall–Kier alpha value is -2.78. The van der Waals surface area contributed by atoms with Crippen molar-refractivity contribution in [1.29, 1.82) is 0 Å². The summed E-state index contributed by atoms with van der Waals surface area (Å²) in [4.78, 5) is 15.9. The first-order chi connectivity index (χ1) is 16.5. The smallest absolute Gasteiger partial charge is 0.242 e. The average Bonchev–Trinajstić information content (AvgIpc) is 3.20. The molecule has 1 aromatic carbocycles. The summed E-state index contributed by atoms with van der Waals surface area (Å²) in [5, 5.41) is 8.75. The van der Waals surface area contributed by atoms with Crippen LogP contribution in [0.5, 0.6) is 0 Å². The van der Waals surface area contributed by atoms with Gasteiger partial charge in [0, 0.05) is 49.1 Å². The fraction of sp³-hybridized carbons (Fsp3) is 0.500. The van der Waals surface area contributed by atoms with Crippen LogP contribution in [0.25, 0.3) is 0 Å². The number of rotatable bonds is 4. The summed E-state index contributed by atoms with van der Waals surface area (Å²) >= 11 is 6.11. The van der Waals surface area contributed by atoms with Crippen molar-refractivity contribution in [2.75, 3.05) is 29.9 Å². The van der Waals surface area contributed by atoms with E-state index in [0.29, 0.717) is 53.4 Å². The van der Waals surface area contributed by atoms with Crippen molar-refractivity contribution in [2.45, 2.75) is 44.9 Å². The molecule has 2 aliphatic heterocycles. The summed E-state index contributed by atoms with van der Waals surface area (Å²) in [5.74, 6) is 2.90. The normalized spacial score (nSPS) is 26.3. The summed E-state index contributed by atoms with van der Waals surface area (Å²) in [6.07, 6.45) is 4.30. The van der Waals surface area contributed by atoms with Crippen molar-refractivity contribution in [1.82, 2.24) is 24.7 Å². The van der Waals surface area contributed by atoms with Crippen molar-refractivity contribution < 1.29 is 9.13 Å². The lowest BCUT2D eigenvalue weighted by molar-refractivity contribution is 0.0810. The van der Waals surface area contributed by atoms with E-state index < -0.39 is 6.10 Å². The highest BCUT2D eigenvalue weighted by Crippen LogP contribution is 2.40. The molecule has 4 atom stereocenters. The van der Waals surface area contributed by atoms with E-state index in [1.165, 1.54) is 25.0 Å². The Balaban J connectivity index is 1.22. The highest BCUT2D eigenvalue weighted by Gasteiger charge is 2.43. The summed E-state index contributed by atoms with van der Waals surface area (Å²) < 4.78 is 22.0. The van der Waals surface area contributed by atoms with E-state index in [-0.39, 0.29) is 5.82 Å². The number of hydrogen-bond acceptors (Lipinski definition) is 7. The molecule has 4 heterocycles. The van der Waals surface area contributed by atoms with Gasteiger partial charge in [-0.1, -0.05) is 11.6 Å². The second-order valence-corrected chi connectivity index (χ2v) is 9.95. The van der Waals surface area contributed by atoms with Crippen LogP contribution in [0.2, 0.25) is 5.02 Å². The molecule has 0 radical (unpaired) electrons. The molecule has 3 aliphatic rings. The molecule has 8 nitrogen and oxygen atoms in total. The molecule has 2 fully saturated rings. The molecule has 1 unspecified atom stereocenters. The van der Waals surface area contributed by atoms with Crippen LogP contribution in [-0.4, -0.2) is 50.5 Å². The third-order valence-corrected chi connectivity index (χ3v) is 7.38. The lowest BCUT2D eigenvalue weighted by atomic mass is 9.92. The zero-order chi connectivity index (χ0) is 23.2. The Morgan fingerprint density at radius 1 is 1.12 bits per heavy atom. The molecule has 0 amide bonds. The number of benzene rings is 1. The second kappa shape index (κ2) is 8.78. The van der Waals surface area contributed by atoms with E-state index >= 15 is 0 Å². The van der Waals surface area contributed by atoms with Gasteiger partial charge in [0.2, 0.25) is 5.95 Å². The van der Waals surface area contributed by atoms with E-state index in [1.54, 1.807) is 12.4 Å². The van der Waals surface area contributed by atoms with Crippen LogP contribution in [0.3, 0.4) is 0 Å². The minimum atomic E-state index is -0.502. The Morgan fingerprint density at radius 3 is 2.71 bits per heavy atom. The topological polar surface area (TPSA) is 81.0 Å². The molecule has 178 valence electrons.